The quantitative estimate of drug-likeness (QED) is 0.839. The van der Waals surface area contributed by atoms with Crippen LogP contribution >= 0.6 is 11.6 Å². The Labute approximate surface area is 106 Å². The average molecular weight is 268 g/mol. The van der Waals surface area contributed by atoms with Crippen LogP contribution in [-0.4, -0.2) is 5.97 Å². The van der Waals surface area contributed by atoms with Gasteiger partial charge in [-0.05, 0) is 29.3 Å². The summed E-state index contributed by atoms with van der Waals surface area (Å²) in [7, 11) is 0. The lowest BCUT2D eigenvalue weighted by Gasteiger charge is -2.08. The summed E-state index contributed by atoms with van der Waals surface area (Å²) < 4.78 is 25.8. The number of hydrogen-bond acceptors (Lipinski definition) is 2. The van der Waals surface area contributed by atoms with Crippen molar-refractivity contribution in [1.29, 1.82) is 0 Å². The fraction of sp³-hybridized carbons (Fsp3) is 0. The molecule has 0 saturated heterocycles. The van der Waals surface area contributed by atoms with Gasteiger partial charge >= 0.3 is 0 Å². The zero-order chi connectivity index (χ0) is 13.3. The molecule has 0 unspecified atom stereocenters. The standard InChI is InChI=1S/C13H7ClF2O2/c14-10-5-7(1-3-9(10)13(17)18)8-2-4-11(15)12(16)6-8/h1-6H,(H,17,18)/p-1. The maximum atomic E-state index is 13.1. The van der Waals surface area contributed by atoms with E-state index in [1.165, 1.54) is 24.3 Å². The summed E-state index contributed by atoms with van der Waals surface area (Å²) >= 11 is 5.76. The number of halogens is 3. The lowest BCUT2D eigenvalue weighted by atomic mass is 10.0. The number of carboxylic acid groups (broad SMARTS) is 1. The highest BCUT2D eigenvalue weighted by Gasteiger charge is 2.07. The van der Waals surface area contributed by atoms with Crippen molar-refractivity contribution in [1.82, 2.24) is 0 Å². The number of benzene rings is 2. The molecule has 0 amide bonds. The summed E-state index contributed by atoms with van der Waals surface area (Å²) in [5.41, 5.74) is 0.743. The first-order valence-corrected chi connectivity index (χ1v) is 5.33. The third-order valence-electron chi connectivity index (χ3n) is 2.44. The molecule has 0 bridgehead atoms. The Morgan fingerprint density at radius 3 is 2.17 bits per heavy atom. The first-order chi connectivity index (χ1) is 8.49. The molecule has 2 aromatic rings. The second-order valence-corrected chi connectivity index (χ2v) is 4.02. The molecule has 2 aromatic carbocycles. The minimum atomic E-state index is -1.39. The molecule has 0 aliphatic rings. The Hall–Kier alpha value is -1.94. The summed E-state index contributed by atoms with van der Waals surface area (Å²) in [6.45, 7) is 0. The van der Waals surface area contributed by atoms with Crippen LogP contribution < -0.4 is 5.11 Å². The van der Waals surface area contributed by atoms with Crippen molar-refractivity contribution >= 4 is 17.6 Å². The monoisotopic (exact) mass is 267 g/mol. The zero-order valence-electron chi connectivity index (χ0n) is 8.91. The van der Waals surface area contributed by atoms with Crippen molar-refractivity contribution < 1.29 is 18.7 Å². The first-order valence-electron chi connectivity index (χ1n) is 4.95. The van der Waals surface area contributed by atoms with Crippen molar-refractivity contribution in [3.05, 3.63) is 58.6 Å². The lowest BCUT2D eigenvalue weighted by Crippen LogP contribution is -2.22. The van der Waals surface area contributed by atoms with E-state index in [-0.39, 0.29) is 10.6 Å². The Morgan fingerprint density at radius 1 is 1.00 bits per heavy atom. The molecule has 0 aromatic heterocycles. The summed E-state index contributed by atoms with van der Waals surface area (Å²) in [4.78, 5) is 10.7. The van der Waals surface area contributed by atoms with E-state index in [2.05, 4.69) is 0 Å². The molecule has 0 spiro atoms. The van der Waals surface area contributed by atoms with Gasteiger partial charge in [-0.1, -0.05) is 29.8 Å². The Morgan fingerprint density at radius 2 is 1.61 bits per heavy atom. The van der Waals surface area contributed by atoms with Crippen LogP contribution in [-0.2, 0) is 0 Å². The third kappa shape index (κ3) is 2.33. The van der Waals surface area contributed by atoms with Crippen LogP contribution in [0.1, 0.15) is 10.4 Å². The predicted molar refractivity (Wildman–Crippen MR) is 61.1 cm³/mol. The first kappa shape index (κ1) is 12.5. The van der Waals surface area contributed by atoms with E-state index < -0.39 is 17.6 Å². The van der Waals surface area contributed by atoms with Crippen molar-refractivity contribution in [3.63, 3.8) is 0 Å². The topological polar surface area (TPSA) is 40.1 Å². The van der Waals surface area contributed by atoms with Gasteiger partial charge in [0.05, 0.1) is 11.0 Å². The number of hydrogen-bond donors (Lipinski definition) is 0. The van der Waals surface area contributed by atoms with Crippen LogP contribution in [0.2, 0.25) is 5.02 Å². The van der Waals surface area contributed by atoms with Crippen LogP contribution in [0.5, 0.6) is 0 Å². The fourth-order valence-electron chi connectivity index (χ4n) is 1.54. The maximum Gasteiger partial charge on any atom is 0.159 e. The van der Waals surface area contributed by atoms with Crippen molar-refractivity contribution in [2.75, 3.05) is 0 Å². The van der Waals surface area contributed by atoms with Crippen LogP contribution in [0.25, 0.3) is 11.1 Å². The number of carboxylic acids is 1. The number of carbonyl (C=O) groups is 1. The predicted octanol–water partition coefficient (Wildman–Crippen LogP) is 2.65. The van der Waals surface area contributed by atoms with Gasteiger partial charge in [-0.25, -0.2) is 8.78 Å². The second-order valence-electron chi connectivity index (χ2n) is 3.61. The summed E-state index contributed by atoms with van der Waals surface area (Å²) in [5, 5.41) is 10.6. The highest BCUT2D eigenvalue weighted by atomic mass is 35.5. The SMILES string of the molecule is O=C([O-])c1ccc(-c2ccc(F)c(F)c2)cc1Cl. The molecule has 0 N–H and O–H groups in total. The summed E-state index contributed by atoms with van der Waals surface area (Å²) in [6, 6.07) is 7.45. The third-order valence-corrected chi connectivity index (χ3v) is 2.75. The Kier molecular flexibility index (Phi) is 3.30. The van der Waals surface area contributed by atoms with E-state index in [0.29, 0.717) is 11.1 Å². The molecular formula is C13H6ClF2O2-. The van der Waals surface area contributed by atoms with Crippen molar-refractivity contribution in [2.45, 2.75) is 0 Å². The lowest BCUT2D eigenvalue weighted by molar-refractivity contribution is -0.255. The molecule has 92 valence electrons. The van der Waals surface area contributed by atoms with E-state index in [4.69, 9.17) is 11.6 Å². The van der Waals surface area contributed by atoms with E-state index >= 15 is 0 Å². The molecule has 0 radical (unpaired) electrons. The molecule has 0 aliphatic carbocycles. The van der Waals surface area contributed by atoms with Crippen LogP contribution in [0, 0.1) is 11.6 Å². The number of rotatable bonds is 2. The molecule has 0 saturated carbocycles. The minimum absolute atomic E-state index is 0.0165. The normalized spacial score (nSPS) is 10.4. The largest absolute Gasteiger partial charge is 0.545 e. The highest BCUT2D eigenvalue weighted by molar-refractivity contribution is 6.33. The van der Waals surface area contributed by atoms with Gasteiger partial charge in [-0.2, -0.15) is 0 Å². The molecule has 5 heteroatoms. The summed E-state index contributed by atoms with van der Waals surface area (Å²) in [5.74, 6) is -3.32. The van der Waals surface area contributed by atoms with Crippen LogP contribution in [0.3, 0.4) is 0 Å². The molecule has 0 aliphatic heterocycles. The van der Waals surface area contributed by atoms with Crippen molar-refractivity contribution in [3.8, 4) is 11.1 Å². The van der Waals surface area contributed by atoms with Crippen molar-refractivity contribution in [2.24, 2.45) is 0 Å². The molecule has 0 heterocycles. The molecule has 18 heavy (non-hydrogen) atoms. The molecule has 0 atom stereocenters. The van der Waals surface area contributed by atoms with E-state index in [9.17, 15) is 18.7 Å². The van der Waals surface area contributed by atoms with Gasteiger partial charge in [0.15, 0.2) is 11.6 Å². The highest BCUT2D eigenvalue weighted by Crippen LogP contribution is 2.26. The van der Waals surface area contributed by atoms with Gasteiger partial charge < -0.3 is 9.90 Å². The molecular weight excluding hydrogens is 262 g/mol. The van der Waals surface area contributed by atoms with Gasteiger partial charge in [0.1, 0.15) is 0 Å². The second kappa shape index (κ2) is 4.74. The Balaban J connectivity index is 2.48. The van der Waals surface area contributed by atoms with Gasteiger partial charge in [-0.3, -0.25) is 0 Å². The number of carbonyl (C=O) groups excluding carboxylic acids is 1. The van der Waals surface area contributed by atoms with E-state index in [1.54, 1.807) is 0 Å². The fourth-order valence-corrected chi connectivity index (χ4v) is 1.79. The van der Waals surface area contributed by atoms with Gasteiger partial charge in [0, 0.05) is 5.56 Å². The van der Waals surface area contributed by atoms with Crippen LogP contribution in [0.4, 0.5) is 8.78 Å². The molecule has 2 rings (SSSR count). The summed E-state index contributed by atoms with van der Waals surface area (Å²) in [6.07, 6.45) is 0. The molecule has 0 fully saturated rings. The van der Waals surface area contributed by atoms with Gasteiger partial charge in [0.2, 0.25) is 0 Å². The van der Waals surface area contributed by atoms with E-state index in [1.807, 2.05) is 0 Å². The molecule has 2 nitrogen and oxygen atoms in total. The van der Waals surface area contributed by atoms with Gasteiger partial charge in [0.25, 0.3) is 0 Å². The van der Waals surface area contributed by atoms with Crippen LogP contribution in [0.15, 0.2) is 36.4 Å². The zero-order valence-corrected chi connectivity index (χ0v) is 9.67. The Bertz CT molecular complexity index is 626. The number of aromatic carboxylic acids is 1. The smallest absolute Gasteiger partial charge is 0.159 e. The van der Waals surface area contributed by atoms with E-state index in [0.717, 1.165) is 12.1 Å². The minimum Gasteiger partial charge on any atom is -0.545 e. The van der Waals surface area contributed by atoms with Gasteiger partial charge in [-0.15, -0.1) is 0 Å². The average Bonchev–Trinajstić information content (AvgIpc) is 2.32. The maximum absolute atomic E-state index is 13.1.